The highest BCUT2D eigenvalue weighted by Crippen LogP contribution is 2.47. The second kappa shape index (κ2) is 4.27. The molecule has 1 aromatic carbocycles. The van der Waals surface area contributed by atoms with Gasteiger partial charge in [0.05, 0.1) is 12.9 Å². The molecule has 4 rings (SSSR count). The maximum absolute atomic E-state index is 11.2. The Balaban J connectivity index is 1.76. The molecular weight excluding hydrogens is 254 g/mol. The summed E-state index contributed by atoms with van der Waals surface area (Å²) in [5, 5.41) is 4.20. The van der Waals surface area contributed by atoms with Gasteiger partial charge in [-0.3, -0.25) is 4.79 Å². The van der Waals surface area contributed by atoms with E-state index in [2.05, 4.69) is 5.32 Å². The molecule has 1 amide bonds. The Bertz CT molecular complexity index is 688. The number of aryl methyl sites for hydroxylation is 1. The first-order chi connectivity index (χ1) is 9.74. The van der Waals surface area contributed by atoms with Gasteiger partial charge in [-0.25, -0.2) is 0 Å². The minimum absolute atomic E-state index is 0.0377. The van der Waals surface area contributed by atoms with Crippen molar-refractivity contribution in [1.29, 1.82) is 0 Å². The first-order valence-corrected chi connectivity index (χ1v) is 7.17. The van der Waals surface area contributed by atoms with Crippen molar-refractivity contribution in [2.24, 2.45) is 0 Å². The summed E-state index contributed by atoms with van der Waals surface area (Å²) in [4.78, 5) is 11.2. The third kappa shape index (κ3) is 1.79. The molecule has 2 heterocycles. The first-order valence-electron chi connectivity index (χ1n) is 7.17. The highest BCUT2D eigenvalue weighted by molar-refractivity contribution is 5.88. The Labute approximate surface area is 117 Å². The minimum Gasteiger partial charge on any atom is -0.493 e. The van der Waals surface area contributed by atoms with Gasteiger partial charge in [0.25, 0.3) is 0 Å². The van der Waals surface area contributed by atoms with E-state index in [9.17, 15) is 4.79 Å². The normalized spacial score (nSPS) is 24.1. The van der Waals surface area contributed by atoms with Crippen LogP contribution < -0.4 is 10.1 Å². The van der Waals surface area contributed by atoms with Crippen LogP contribution in [0, 0.1) is 0 Å². The van der Waals surface area contributed by atoms with Gasteiger partial charge in [-0.1, -0.05) is 0 Å². The summed E-state index contributed by atoms with van der Waals surface area (Å²) in [5.41, 5.74) is 3.42. The number of carbonyl (C=O) groups is 1. The van der Waals surface area contributed by atoms with E-state index in [0.29, 0.717) is 5.92 Å². The van der Waals surface area contributed by atoms with E-state index < -0.39 is 0 Å². The summed E-state index contributed by atoms with van der Waals surface area (Å²) in [6.45, 7) is 2.36. The Morgan fingerprint density at radius 1 is 1.40 bits per heavy atom. The molecule has 1 saturated carbocycles. The number of hydrogen-bond donors (Lipinski definition) is 1. The maximum Gasteiger partial charge on any atom is 0.217 e. The molecule has 1 fully saturated rings. The number of benzene rings is 1. The molecule has 1 aliphatic carbocycles. The second-order valence-corrected chi connectivity index (χ2v) is 5.71. The quantitative estimate of drug-likeness (QED) is 0.913. The monoisotopic (exact) mass is 271 g/mol. The number of furan rings is 1. The molecule has 1 aliphatic heterocycles. The molecule has 104 valence electrons. The van der Waals surface area contributed by atoms with E-state index >= 15 is 0 Å². The van der Waals surface area contributed by atoms with Crippen LogP contribution in [0.4, 0.5) is 0 Å². The van der Waals surface area contributed by atoms with Crippen LogP contribution in [0.3, 0.4) is 0 Å². The standard InChI is InChI=1S/C16H17NO3/c1-9(18)17-13-7-11(13)12-8-20-15-5-4-14-10(16(12)15)3-2-6-19-14/h4-5,8,11,13H,2-3,6-7H2,1H3,(H,17,18). The predicted molar refractivity (Wildman–Crippen MR) is 75.0 cm³/mol. The van der Waals surface area contributed by atoms with Gasteiger partial charge in [-0.05, 0) is 31.4 Å². The van der Waals surface area contributed by atoms with Crippen LogP contribution in [0.1, 0.15) is 36.8 Å². The molecule has 0 saturated heterocycles. The summed E-state index contributed by atoms with van der Waals surface area (Å²) in [6, 6.07) is 4.25. The van der Waals surface area contributed by atoms with Crippen molar-refractivity contribution < 1.29 is 13.9 Å². The third-order valence-electron chi connectivity index (χ3n) is 4.24. The number of hydrogen-bond acceptors (Lipinski definition) is 3. The lowest BCUT2D eigenvalue weighted by atomic mass is 9.97. The van der Waals surface area contributed by atoms with Crippen LogP contribution in [0.2, 0.25) is 0 Å². The van der Waals surface area contributed by atoms with Gasteiger partial charge in [-0.2, -0.15) is 0 Å². The van der Waals surface area contributed by atoms with Crippen LogP contribution >= 0.6 is 0 Å². The molecule has 2 aliphatic rings. The van der Waals surface area contributed by atoms with Gasteiger partial charge in [0.1, 0.15) is 11.3 Å². The molecule has 0 radical (unpaired) electrons. The summed E-state index contributed by atoms with van der Waals surface area (Å²) >= 11 is 0. The number of nitrogens with one attached hydrogen (secondary N) is 1. The molecule has 0 bridgehead atoms. The largest absolute Gasteiger partial charge is 0.493 e. The Morgan fingerprint density at radius 3 is 3.15 bits per heavy atom. The molecular formula is C16H17NO3. The van der Waals surface area contributed by atoms with Crippen LogP contribution in [0.25, 0.3) is 11.0 Å². The molecule has 0 spiro atoms. The van der Waals surface area contributed by atoms with E-state index in [1.54, 1.807) is 6.92 Å². The van der Waals surface area contributed by atoms with Gasteiger partial charge >= 0.3 is 0 Å². The Morgan fingerprint density at radius 2 is 2.30 bits per heavy atom. The number of fused-ring (bicyclic) bond motifs is 3. The lowest BCUT2D eigenvalue weighted by molar-refractivity contribution is -0.119. The predicted octanol–water partition coefficient (Wildman–Crippen LogP) is 2.75. The number of ether oxygens (including phenoxy) is 1. The van der Waals surface area contributed by atoms with E-state index in [1.807, 2.05) is 18.4 Å². The molecule has 4 nitrogen and oxygen atoms in total. The molecule has 2 unspecified atom stereocenters. The van der Waals surface area contributed by atoms with Crippen molar-refractivity contribution in [1.82, 2.24) is 5.32 Å². The van der Waals surface area contributed by atoms with Crippen LogP contribution in [-0.2, 0) is 11.2 Å². The molecule has 2 aromatic rings. The fourth-order valence-electron chi connectivity index (χ4n) is 3.25. The van der Waals surface area contributed by atoms with Crippen molar-refractivity contribution in [3.63, 3.8) is 0 Å². The minimum atomic E-state index is 0.0377. The molecule has 1 aromatic heterocycles. The summed E-state index contributed by atoms with van der Waals surface area (Å²) in [5.74, 6) is 1.41. The summed E-state index contributed by atoms with van der Waals surface area (Å²) in [7, 11) is 0. The zero-order valence-electron chi connectivity index (χ0n) is 11.4. The number of carbonyl (C=O) groups excluding carboxylic acids is 1. The van der Waals surface area contributed by atoms with Gasteiger partial charge in [0.15, 0.2) is 0 Å². The summed E-state index contributed by atoms with van der Waals surface area (Å²) < 4.78 is 11.4. The van der Waals surface area contributed by atoms with Crippen molar-refractivity contribution in [3.8, 4) is 5.75 Å². The fraction of sp³-hybridized carbons (Fsp3) is 0.438. The van der Waals surface area contributed by atoms with Crippen molar-refractivity contribution in [2.45, 2.75) is 38.1 Å². The average molecular weight is 271 g/mol. The number of amides is 1. The second-order valence-electron chi connectivity index (χ2n) is 5.71. The van der Waals surface area contributed by atoms with Crippen LogP contribution in [0.5, 0.6) is 5.75 Å². The molecule has 1 N–H and O–H groups in total. The average Bonchev–Trinajstić information content (AvgIpc) is 3.04. The fourth-order valence-corrected chi connectivity index (χ4v) is 3.25. The van der Waals surface area contributed by atoms with Crippen molar-refractivity contribution in [2.75, 3.05) is 6.61 Å². The zero-order chi connectivity index (χ0) is 13.7. The highest BCUT2D eigenvalue weighted by Gasteiger charge is 2.41. The van der Waals surface area contributed by atoms with Crippen LogP contribution in [-0.4, -0.2) is 18.6 Å². The smallest absolute Gasteiger partial charge is 0.217 e. The highest BCUT2D eigenvalue weighted by atomic mass is 16.5. The number of rotatable bonds is 2. The van der Waals surface area contributed by atoms with Crippen LogP contribution in [0.15, 0.2) is 22.8 Å². The van der Waals surface area contributed by atoms with E-state index in [4.69, 9.17) is 9.15 Å². The SMILES string of the molecule is CC(=O)NC1CC1c1coc2ccc3c(c12)CCCO3. The molecule has 20 heavy (non-hydrogen) atoms. The molecule has 2 atom stereocenters. The van der Waals surface area contributed by atoms with Crippen molar-refractivity contribution in [3.05, 3.63) is 29.5 Å². The van der Waals surface area contributed by atoms with Gasteiger partial charge in [0, 0.05) is 35.4 Å². The van der Waals surface area contributed by atoms with Gasteiger partial charge in [0.2, 0.25) is 5.91 Å². The van der Waals surface area contributed by atoms with Crippen molar-refractivity contribution >= 4 is 16.9 Å². The third-order valence-corrected chi connectivity index (χ3v) is 4.24. The lowest BCUT2D eigenvalue weighted by Crippen LogP contribution is -2.23. The van der Waals surface area contributed by atoms with E-state index in [0.717, 1.165) is 37.2 Å². The maximum atomic E-state index is 11.2. The van der Waals surface area contributed by atoms with E-state index in [1.165, 1.54) is 16.5 Å². The zero-order valence-corrected chi connectivity index (χ0v) is 11.4. The Hall–Kier alpha value is -1.97. The molecule has 4 heteroatoms. The van der Waals surface area contributed by atoms with Gasteiger partial charge in [-0.15, -0.1) is 0 Å². The lowest BCUT2D eigenvalue weighted by Gasteiger charge is -2.18. The topological polar surface area (TPSA) is 51.5 Å². The Kier molecular flexibility index (Phi) is 2.52. The first kappa shape index (κ1) is 11.8. The van der Waals surface area contributed by atoms with Gasteiger partial charge < -0.3 is 14.5 Å². The van der Waals surface area contributed by atoms with E-state index in [-0.39, 0.29) is 11.9 Å². The summed E-state index contributed by atoms with van der Waals surface area (Å²) in [6.07, 6.45) is 4.94.